The van der Waals surface area contributed by atoms with E-state index in [4.69, 9.17) is 46.4 Å². The number of hydrazone groups is 1. The van der Waals surface area contributed by atoms with Gasteiger partial charge >= 0.3 is 6.36 Å². The Balaban J connectivity index is 1.61. The number of aromatic nitrogens is 3. The predicted molar refractivity (Wildman–Crippen MR) is 139 cm³/mol. The van der Waals surface area contributed by atoms with Gasteiger partial charge in [0.1, 0.15) is 5.75 Å². The summed E-state index contributed by atoms with van der Waals surface area (Å²) in [5, 5.41) is 8.41. The Hall–Kier alpha value is -3.31. The van der Waals surface area contributed by atoms with Crippen LogP contribution in [0.2, 0.25) is 20.1 Å². The fraction of sp³-hybridized carbons (Fsp3) is 0.0435. The van der Waals surface area contributed by atoms with Gasteiger partial charge in [0.25, 0.3) is 0 Å². The van der Waals surface area contributed by atoms with Gasteiger partial charge in [0.2, 0.25) is 11.9 Å². The first-order valence-corrected chi connectivity index (χ1v) is 11.7. The number of halogens is 7. The molecule has 1 heterocycles. The summed E-state index contributed by atoms with van der Waals surface area (Å²) in [7, 11) is 0. The van der Waals surface area contributed by atoms with E-state index in [9.17, 15) is 13.2 Å². The fourth-order valence-electron chi connectivity index (χ4n) is 2.93. The van der Waals surface area contributed by atoms with E-state index in [1.807, 2.05) is 0 Å². The molecule has 0 bridgehead atoms. The maximum absolute atomic E-state index is 12.3. The van der Waals surface area contributed by atoms with Crippen LogP contribution in [0.25, 0.3) is 11.4 Å². The number of ether oxygens (including phenoxy) is 1. The van der Waals surface area contributed by atoms with Crippen molar-refractivity contribution >= 4 is 70.2 Å². The zero-order valence-corrected chi connectivity index (χ0v) is 21.2. The zero-order chi connectivity index (χ0) is 26.6. The number of hydrogen-bond donors (Lipinski definition) is 2. The Bertz CT molecular complexity index is 1410. The number of nitrogens with zero attached hydrogens (tertiary/aromatic N) is 4. The lowest BCUT2D eigenvalue weighted by atomic mass is 10.2. The van der Waals surface area contributed by atoms with Crippen molar-refractivity contribution < 1.29 is 17.9 Å². The lowest BCUT2D eigenvalue weighted by Gasteiger charge is -2.11. The highest BCUT2D eigenvalue weighted by molar-refractivity contribution is 6.41. The molecule has 0 aliphatic rings. The van der Waals surface area contributed by atoms with Crippen LogP contribution < -0.4 is 15.5 Å². The van der Waals surface area contributed by atoms with E-state index in [2.05, 4.69) is 35.5 Å². The van der Waals surface area contributed by atoms with Crippen molar-refractivity contribution in [1.29, 1.82) is 0 Å². The van der Waals surface area contributed by atoms with Crippen LogP contribution in [-0.4, -0.2) is 27.5 Å². The number of alkyl halides is 3. The Morgan fingerprint density at radius 1 is 0.784 bits per heavy atom. The van der Waals surface area contributed by atoms with Gasteiger partial charge in [-0.05, 0) is 66.2 Å². The summed E-state index contributed by atoms with van der Waals surface area (Å²) in [4.78, 5) is 13.0. The first-order valence-electron chi connectivity index (χ1n) is 10.1. The third-order valence-electron chi connectivity index (χ3n) is 4.46. The molecule has 1 aromatic heterocycles. The summed E-state index contributed by atoms with van der Waals surface area (Å²) >= 11 is 24.7. The Kier molecular flexibility index (Phi) is 8.23. The third-order valence-corrected chi connectivity index (χ3v) is 5.52. The molecule has 0 amide bonds. The Morgan fingerprint density at radius 2 is 1.41 bits per heavy atom. The minimum absolute atomic E-state index is 0.0248. The van der Waals surface area contributed by atoms with Gasteiger partial charge in [0.05, 0.1) is 21.8 Å². The lowest BCUT2D eigenvalue weighted by Crippen LogP contribution is -2.17. The van der Waals surface area contributed by atoms with Gasteiger partial charge in [-0.2, -0.15) is 20.1 Å². The van der Waals surface area contributed by atoms with Crippen molar-refractivity contribution in [3.63, 3.8) is 0 Å². The summed E-state index contributed by atoms with van der Waals surface area (Å²) in [5.41, 5.74) is 4.11. The van der Waals surface area contributed by atoms with E-state index in [1.54, 1.807) is 24.3 Å². The zero-order valence-electron chi connectivity index (χ0n) is 18.2. The van der Waals surface area contributed by atoms with E-state index < -0.39 is 6.36 Å². The van der Waals surface area contributed by atoms with E-state index in [0.717, 1.165) is 12.1 Å². The summed E-state index contributed by atoms with van der Waals surface area (Å²) < 4.78 is 40.8. The van der Waals surface area contributed by atoms with Crippen LogP contribution in [0, 0.1) is 0 Å². The molecule has 190 valence electrons. The largest absolute Gasteiger partial charge is 0.573 e. The van der Waals surface area contributed by atoms with E-state index in [0.29, 0.717) is 26.9 Å². The highest BCUT2D eigenvalue weighted by Crippen LogP contribution is 2.36. The monoisotopic (exact) mass is 586 g/mol. The number of rotatable bonds is 7. The number of nitrogens with one attached hydrogen (secondary N) is 2. The highest BCUT2D eigenvalue weighted by Gasteiger charge is 2.30. The van der Waals surface area contributed by atoms with Crippen LogP contribution in [0.15, 0.2) is 65.8 Å². The van der Waals surface area contributed by atoms with Crippen LogP contribution >= 0.6 is 46.4 Å². The van der Waals surface area contributed by atoms with Gasteiger partial charge in [0.15, 0.2) is 5.82 Å². The van der Waals surface area contributed by atoms with E-state index in [1.165, 1.54) is 30.5 Å². The van der Waals surface area contributed by atoms with Gasteiger partial charge in [-0.3, -0.25) is 0 Å². The second kappa shape index (κ2) is 11.4. The summed E-state index contributed by atoms with van der Waals surface area (Å²) in [5.74, 6) is -0.0589. The van der Waals surface area contributed by atoms with Gasteiger partial charge in [-0.15, -0.1) is 13.2 Å². The Labute approximate surface area is 228 Å². The molecule has 0 saturated carbocycles. The minimum atomic E-state index is -4.78. The molecule has 4 aromatic rings. The van der Waals surface area contributed by atoms with Gasteiger partial charge in [0, 0.05) is 15.7 Å². The molecule has 0 aliphatic carbocycles. The molecule has 0 saturated heterocycles. The van der Waals surface area contributed by atoms with Crippen LogP contribution in [0.4, 0.5) is 30.8 Å². The number of benzene rings is 3. The van der Waals surface area contributed by atoms with Crippen LogP contribution in [-0.2, 0) is 0 Å². The summed E-state index contributed by atoms with van der Waals surface area (Å²) in [6.07, 6.45) is -3.42. The SMILES string of the molecule is FC(F)(F)Oc1ccc(/C=N\Nc2nc(Nc3ccc(Cl)cc3)nc(-c3c(Cl)cc(Cl)cc3Cl)n2)cc1. The second-order valence-electron chi connectivity index (χ2n) is 7.17. The summed E-state index contributed by atoms with van der Waals surface area (Å²) in [6, 6.07) is 14.9. The first kappa shape index (κ1) is 26.7. The van der Waals surface area contributed by atoms with Crippen molar-refractivity contribution in [3.05, 3.63) is 86.3 Å². The van der Waals surface area contributed by atoms with Crippen LogP contribution in [0.5, 0.6) is 5.75 Å². The van der Waals surface area contributed by atoms with Gasteiger partial charge < -0.3 is 10.1 Å². The molecule has 0 spiro atoms. The summed E-state index contributed by atoms with van der Waals surface area (Å²) in [6.45, 7) is 0. The standard InChI is InChI=1S/C23H13Cl4F3N6O/c24-13-3-5-15(6-4-13)32-21-33-20(19-17(26)9-14(25)10-18(19)27)34-22(35-21)36-31-11-12-1-7-16(8-2-12)37-23(28,29)30/h1-11H,(H2,32,33,34,35,36)/b31-11-. The van der Waals surface area contributed by atoms with Crippen molar-refractivity contribution in [2.45, 2.75) is 6.36 Å². The molecule has 4 rings (SSSR count). The quantitative estimate of drug-likeness (QED) is 0.167. The van der Waals surface area contributed by atoms with E-state index >= 15 is 0 Å². The predicted octanol–water partition coefficient (Wildman–Crippen LogP) is 8.24. The molecule has 0 aliphatic heterocycles. The molecule has 0 fully saturated rings. The normalized spacial score (nSPS) is 11.5. The van der Waals surface area contributed by atoms with Gasteiger partial charge in [-0.1, -0.05) is 46.4 Å². The number of hydrogen-bond acceptors (Lipinski definition) is 7. The minimum Gasteiger partial charge on any atom is -0.406 e. The highest BCUT2D eigenvalue weighted by atomic mass is 35.5. The fourth-order valence-corrected chi connectivity index (χ4v) is 4.04. The molecule has 2 N–H and O–H groups in total. The lowest BCUT2D eigenvalue weighted by molar-refractivity contribution is -0.274. The molecule has 7 nitrogen and oxygen atoms in total. The molecule has 0 radical (unpaired) electrons. The average Bonchev–Trinajstić information content (AvgIpc) is 2.80. The molecule has 14 heteroatoms. The van der Waals surface area contributed by atoms with Crippen LogP contribution in [0.1, 0.15) is 5.56 Å². The van der Waals surface area contributed by atoms with Crippen molar-refractivity contribution in [1.82, 2.24) is 15.0 Å². The van der Waals surface area contributed by atoms with E-state index in [-0.39, 0.29) is 33.5 Å². The topological polar surface area (TPSA) is 84.3 Å². The smallest absolute Gasteiger partial charge is 0.406 e. The van der Waals surface area contributed by atoms with Crippen LogP contribution in [0.3, 0.4) is 0 Å². The molecular formula is C23H13Cl4F3N6O. The number of anilines is 3. The average molecular weight is 588 g/mol. The van der Waals surface area contributed by atoms with Crippen molar-refractivity contribution in [2.24, 2.45) is 5.10 Å². The maximum Gasteiger partial charge on any atom is 0.573 e. The molecule has 0 atom stereocenters. The molecule has 37 heavy (non-hydrogen) atoms. The van der Waals surface area contributed by atoms with Crippen molar-refractivity contribution in [2.75, 3.05) is 10.7 Å². The first-order chi connectivity index (χ1) is 17.6. The molecule has 0 unspecified atom stereocenters. The second-order valence-corrected chi connectivity index (χ2v) is 8.86. The maximum atomic E-state index is 12.3. The van der Waals surface area contributed by atoms with Crippen molar-refractivity contribution in [3.8, 4) is 17.1 Å². The Morgan fingerprint density at radius 3 is 2.03 bits per heavy atom. The molecular weight excluding hydrogens is 575 g/mol. The third kappa shape index (κ3) is 7.59. The van der Waals surface area contributed by atoms with Gasteiger partial charge in [-0.25, -0.2) is 5.43 Å². The molecule has 3 aromatic carbocycles.